The van der Waals surface area contributed by atoms with Crippen LogP contribution in [0, 0.1) is 17.6 Å². The Kier molecular flexibility index (Phi) is 3.99. The van der Waals surface area contributed by atoms with Crippen LogP contribution in [0.3, 0.4) is 0 Å². The molecule has 0 spiro atoms. The van der Waals surface area contributed by atoms with Crippen molar-refractivity contribution in [2.75, 3.05) is 0 Å². The molecule has 0 aliphatic heterocycles. The van der Waals surface area contributed by atoms with Crippen molar-refractivity contribution in [3.8, 4) is 11.3 Å². The Morgan fingerprint density at radius 1 is 1.38 bits per heavy atom. The first-order chi connectivity index (χ1) is 12.5. The van der Waals surface area contributed by atoms with Crippen molar-refractivity contribution in [1.82, 2.24) is 10.2 Å². The molecule has 0 radical (unpaired) electrons. The zero-order valence-electron chi connectivity index (χ0n) is 14.2. The highest BCUT2D eigenvalue weighted by atomic mass is 19.1. The van der Waals surface area contributed by atoms with Crippen LogP contribution in [0.25, 0.3) is 11.3 Å². The summed E-state index contributed by atoms with van der Waals surface area (Å²) in [5.74, 6) is -2.17. The summed E-state index contributed by atoms with van der Waals surface area (Å²) in [6.45, 7) is 1.76. The number of aliphatic carboxylic acids is 1. The van der Waals surface area contributed by atoms with E-state index in [2.05, 4.69) is 10.2 Å². The molecule has 0 bridgehead atoms. The third kappa shape index (κ3) is 2.58. The lowest BCUT2D eigenvalue weighted by molar-refractivity contribution is -0.158. The summed E-state index contributed by atoms with van der Waals surface area (Å²) < 4.78 is 34.0. The minimum absolute atomic E-state index is 0.138. The second kappa shape index (κ2) is 6.09. The number of benzene rings is 1. The van der Waals surface area contributed by atoms with Gasteiger partial charge >= 0.3 is 5.97 Å². The van der Waals surface area contributed by atoms with Gasteiger partial charge in [0.15, 0.2) is 6.10 Å². The molecule has 3 atom stereocenters. The van der Waals surface area contributed by atoms with Gasteiger partial charge in [-0.2, -0.15) is 5.10 Å². The number of fused-ring (bicyclic) bond motifs is 3. The van der Waals surface area contributed by atoms with Crippen LogP contribution in [-0.4, -0.2) is 27.4 Å². The van der Waals surface area contributed by atoms with Crippen LogP contribution in [0.5, 0.6) is 0 Å². The number of ether oxygens (including phenoxy) is 1. The third-order valence-corrected chi connectivity index (χ3v) is 5.30. The molecular weight excluding hydrogens is 342 g/mol. The van der Waals surface area contributed by atoms with Crippen molar-refractivity contribution < 1.29 is 23.4 Å². The molecule has 1 aromatic carbocycles. The van der Waals surface area contributed by atoms with Gasteiger partial charge in [0.1, 0.15) is 17.2 Å². The maximum Gasteiger partial charge on any atom is 0.332 e. The van der Waals surface area contributed by atoms with Gasteiger partial charge in [0.05, 0.1) is 17.0 Å². The predicted octanol–water partition coefficient (Wildman–Crippen LogP) is 3.46. The fraction of sp³-hybridized carbons (Fsp3) is 0.421. The topological polar surface area (TPSA) is 72.3 Å². The molecule has 7 heteroatoms. The van der Waals surface area contributed by atoms with E-state index < -0.39 is 29.3 Å². The van der Waals surface area contributed by atoms with Crippen molar-refractivity contribution in [1.29, 1.82) is 0 Å². The van der Waals surface area contributed by atoms with E-state index in [1.807, 2.05) is 0 Å². The van der Waals surface area contributed by atoms with E-state index in [0.717, 1.165) is 12.0 Å². The fourth-order valence-electron chi connectivity index (χ4n) is 3.87. The van der Waals surface area contributed by atoms with Gasteiger partial charge in [0.25, 0.3) is 0 Å². The van der Waals surface area contributed by atoms with Crippen molar-refractivity contribution in [3.63, 3.8) is 0 Å². The molecule has 2 aliphatic carbocycles. The van der Waals surface area contributed by atoms with E-state index in [-0.39, 0.29) is 17.2 Å². The lowest BCUT2D eigenvalue weighted by Crippen LogP contribution is -2.33. The van der Waals surface area contributed by atoms with E-state index in [1.54, 1.807) is 13.0 Å². The van der Waals surface area contributed by atoms with E-state index in [1.165, 1.54) is 18.2 Å². The number of rotatable bonds is 5. The Morgan fingerprint density at radius 2 is 2.12 bits per heavy atom. The Balaban J connectivity index is 1.73. The predicted molar refractivity (Wildman–Crippen MR) is 88.3 cm³/mol. The highest BCUT2D eigenvalue weighted by molar-refractivity contribution is 5.72. The molecule has 5 nitrogen and oxygen atoms in total. The van der Waals surface area contributed by atoms with Crippen molar-refractivity contribution in [2.24, 2.45) is 5.92 Å². The minimum atomic E-state index is -1.00. The Morgan fingerprint density at radius 3 is 2.77 bits per heavy atom. The summed E-state index contributed by atoms with van der Waals surface area (Å²) in [6, 6.07) is 5.30. The van der Waals surface area contributed by atoms with Gasteiger partial charge in [-0.1, -0.05) is 13.0 Å². The number of hydrogen-bond donors (Lipinski definition) is 1. The van der Waals surface area contributed by atoms with Crippen LogP contribution in [0.15, 0.2) is 24.3 Å². The molecule has 1 aromatic heterocycles. The van der Waals surface area contributed by atoms with Crippen LogP contribution in [-0.2, 0) is 21.6 Å². The summed E-state index contributed by atoms with van der Waals surface area (Å²) in [4.78, 5) is 11.3. The number of hydrogen-bond acceptors (Lipinski definition) is 4. The first kappa shape index (κ1) is 17.0. The number of aryl methyl sites for hydroxylation is 1. The van der Waals surface area contributed by atoms with E-state index in [9.17, 15) is 18.7 Å². The van der Waals surface area contributed by atoms with Crippen LogP contribution in [0.1, 0.15) is 37.4 Å². The van der Waals surface area contributed by atoms with Crippen molar-refractivity contribution >= 4 is 5.97 Å². The van der Waals surface area contributed by atoms with E-state index in [0.29, 0.717) is 25.0 Å². The number of carboxylic acids is 1. The monoisotopic (exact) mass is 360 g/mol. The summed E-state index contributed by atoms with van der Waals surface area (Å²) in [5.41, 5.74) is 0.624. The Labute approximate surface area is 149 Å². The van der Waals surface area contributed by atoms with Crippen LogP contribution in [0.2, 0.25) is 0 Å². The SMILES string of the molecule is CC[C@@H](O[C@]12CC1CCc1cc(-c3c(F)cccc3F)nnc12)C(=O)O. The summed E-state index contributed by atoms with van der Waals surface area (Å²) in [7, 11) is 0. The third-order valence-electron chi connectivity index (χ3n) is 5.30. The smallest absolute Gasteiger partial charge is 0.332 e. The van der Waals surface area contributed by atoms with Gasteiger partial charge in [-0.05, 0) is 55.4 Å². The van der Waals surface area contributed by atoms with E-state index in [4.69, 9.17) is 4.74 Å². The number of nitrogens with zero attached hydrogens (tertiary/aromatic N) is 2. The van der Waals surface area contributed by atoms with Gasteiger partial charge in [0.2, 0.25) is 0 Å². The standard InChI is InChI=1S/C19H18F2N2O3/c1-2-15(18(24)25)26-19-9-11(19)7-6-10-8-14(22-23-17(10)19)16-12(20)4-3-5-13(16)21/h3-5,8,11,15H,2,6-7,9H2,1H3,(H,24,25)/t11?,15-,19-/m1/s1. The summed E-state index contributed by atoms with van der Waals surface area (Å²) in [6.07, 6.45) is 1.68. The second-order valence-corrected chi connectivity index (χ2v) is 6.88. The average Bonchev–Trinajstić information content (AvgIpc) is 3.34. The molecule has 1 fully saturated rings. The second-order valence-electron chi connectivity index (χ2n) is 6.88. The molecule has 1 heterocycles. The molecule has 26 heavy (non-hydrogen) atoms. The van der Waals surface area contributed by atoms with Gasteiger partial charge < -0.3 is 9.84 Å². The van der Waals surface area contributed by atoms with Crippen LogP contribution < -0.4 is 0 Å². The summed E-state index contributed by atoms with van der Waals surface area (Å²) >= 11 is 0. The molecular formula is C19H18F2N2O3. The number of aromatic nitrogens is 2. The zero-order chi connectivity index (χ0) is 18.5. The van der Waals surface area contributed by atoms with E-state index >= 15 is 0 Å². The van der Waals surface area contributed by atoms with Crippen molar-refractivity contribution in [2.45, 2.75) is 44.3 Å². The molecule has 0 amide bonds. The molecule has 2 aromatic rings. The number of carboxylic acid groups (broad SMARTS) is 1. The normalized spacial score (nSPS) is 24.5. The van der Waals surface area contributed by atoms with Gasteiger partial charge in [0, 0.05) is 0 Å². The average molecular weight is 360 g/mol. The van der Waals surface area contributed by atoms with Crippen LogP contribution >= 0.6 is 0 Å². The first-order valence-corrected chi connectivity index (χ1v) is 8.68. The number of halogens is 2. The quantitative estimate of drug-likeness (QED) is 0.884. The Hall–Kier alpha value is -2.41. The molecule has 1 unspecified atom stereocenters. The lowest BCUT2D eigenvalue weighted by Gasteiger charge is -2.27. The molecule has 0 saturated heterocycles. The maximum absolute atomic E-state index is 14.0. The minimum Gasteiger partial charge on any atom is -0.479 e. The molecule has 2 aliphatic rings. The molecule has 136 valence electrons. The largest absolute Gasteiger partial charge is 0.479 e. The van der Waals surface area contributed by atoms with Crippen LogP contribution in [0.4, 0.5) is 8.78 Å². The molecule has 4 rings (SSSR count). The zero-order valence-corrected chi connectivity index (χ0v) is 14.2. The maximum atomic E-state index is 14.0. The van der Waals surface area contributed by atoms with Gasteiger partial charge in [-0.3, -0.25) is 0 Å². The molecule has 1 saturated carbocycles. The number of carbonyl (C=O) groups is 1. The highest BCUT2D eigenvalue weighted by Gasteiger charge is 2.62. The summed E-state index contributed by atoms with van der Waals surface area (Å²) in [5, 5.41) is 17.5. The lowest BCUT2D eigenvalue weighted by atomic mass is 9.92. The van der Waals surface area contributed by atoms with Gasteiger partial charge in [-0.25, -0.2) is 13.6 Å². The highest BCUT2D eigenvalue weighted by Crippen LogP contribution is 2.61. The molecule has 1 N–H and O–H groups in total. The Bertz CT molecular complexity index is 869. The van der Waals surface area contributed by atoms with Gasteiger partial charge in [-0.15, -0.1) is 5.10 Å². The fourth-order valence-corrected chi connectivity index (χ4v) is 3.87. The van der Waals surface area contributed by atoms with Crippen molar-refractivity contribution in [3.05, 3.63) is 47.2 Å². The first-order valence-electron chi connectivity index (χ1n) is 8.68.